The van der Waals surface area contributed by atoms with Crippen molar-refractivity contribution >= 4 is 27.5 Å². The highest BCUT2D eigenvalue weighted by Crippen LogP contribution is 2.13. The van der Waals surface area contributed by atoms with Gasteiger partial charge in [-0.3, -0.25) is 4.79 Å². The Balaban J connectivity index is 2.29. The summed E-state index contributed by atoms with van der Waals surface area (Å²) in [5, 5.41) is 13.0. The Kier molecular flexibility index (Phi) is 2.91. The molecule has 0 fully saturated rings. The molecule has 0 aromatic carbocycles. The zero-order valence-electron chi connectivity index (χ0n) is 8.59. The predicted molar refractivity (Wildman–Crippen MR) is 61.2 cm³/mol. The first-order valence-electron chi connectivity index (χ1n) is 4.80. The molecule has 2 rings (SSSR count). The molecule has 0 saturated carbocycles. The van der Waals surface area contributed by atoms with Gasteiger partial charge in [-0.15, -0.1) is 0 Å². The molecular formula is C10H10BrN3O2. The van der Waals surface area contributed by atoms with Crippen LogP contribution >= 0.6 is 15.9 Å². The maximum Gasteiger partial charge on any atom is 0.306 e. The van der Waals surface area contributed by atoms with Crippen molar-refractivity contribution in [1.82, 2.24) is 14.6 Å². The van der Waals surface area contributed by atoms with Crippen molar-refractivity contribution in [3.8, 4) is 0 Å². The minimum absolute atomic E-state index is 0.342. The van der Waals surface area contributed by atoms with Crippen LogP contribution in [0.4, 0.5) is 0 Å². The van der Waals surface area contributed by atoms with E-state index in [-0.39, 0.29) is 0 Å². The van der Waals surface area contributed by atoms with Gasteiger partial charge >= 0.3 is 5.97 Å². The number of rotatable bonds is 3. The van der Waals surface area contributed by atoms with Crippen LogP contribution in [0.1, 0.15) is 12.7 Å². The van der Waals surface area contributed by atoms with Crippen LogP contribution in [0.25, 0.3) is 5.65 Å². The van der Waals surface area contributed by atoms with Crippen LogP contribution in [0.5, 0.6) is 0 Å². The van der Waals surface area contributed by atoms with Crippen molar-refractivity contribution < 1.29 is 9.90 Å². The lowest BCUT2D eigenvalue weighted by Crippen LogP contribution is -2.13. The second-order valence-corrected chi connectivity index (χ2v) is 4.53. The summed E-state index contributed by atoms with van der Waals surface area (Å²) in [6.07, 6.45) is 2.12. The summed E-state index contributed by atoms with van der Waals surface area (Å²) < 4.78 is 2.56. The molecule has 0 saturated heterocycles. The van der Waals surface area contributed by atoms with Crippen LogP contribution in [-0.4, -0.2) is 25.7 Å². The number of pyridine rings is 1. The molecule has 5 nitrogen and oxygen atoms in total. The van der Waals surface area contributed by atoms with Gasteiger partial charge in [0, 0.05) is 17.1 Å². The number of aromatic nitrogens is 3. The molecule has 84 valence electrons. The van der Waals surface area contributed by atoms with Crippen LogP contribution in [0, 0.1) is 5.92 Å². The Hall–Kier alpha value is -1.43. The maximum absolute atomic E-state index is 10.7. The zero-order chi connectivity index (χ0) is 11.7. The highest BCUT2D eigenvalue weighted by molar-refractivity contribution is 9.10. The van der Waals surface area contributed by atoms with Crippen molar-refractivity contribution in [2.45, 2.75) is 13.3 Å². The first-order valence-corrected chi connectivity index (χ1v) is 5.59. The fourth-order valence-corrected chi connectivity index (χ4v) is 1.67. The number of aliphatic carboxylic acids is 1. The molecule has 0 spiro atoms. The third-order valence-electron chi connectivity index (χ3n) is 2.25. The molecule has 2 heterocycles. The number of hydrogen-bond donors (Lipinski definition) is 1. The van der Waals surface area contributed by atoms with Crippen molar-refractivity contribution in [2.75, 3.05) is 0 Å². The number of fused-ring (bicyclic) bond motifs is 1. The molecule has 0 radical (unpaired) electrons. The van der Waals surface area contributed by atoms with Gasteiger partial charge in [0.1, 0.15) is 0 Å². The van der Waals surface area contributed by atoms with E-state index in [0.717, 1.165) is 4.47 Å². The molecule has 2 aromatic heterocycles. The molecule has 1 atom stereocenters. The third-order valence-corrected chi connectivity index (χ3v) is 2.75. The minimum atomic E-state index is -0.833. The fraction of sp³-hybridized carbons (Fsp3) is 0.300. The Morgan fingerprint density at radius 3 is 3.12 bits per heavy atom. The normalized spacial score (nSPS) is 12.9. The first kappa shape index (κ1) is 11.1. The zero-order valence-corrected chi connectivity index (χ0v) is 10.2. The monoisotopic (exact) mass is 283 g/mol. The number of hydrogen-bond acceptors (Lipinski definition) is 3. The van der Waals surface area contributed by atoms with Gasteiger partial charge in [0.15, 0.2) is 11.5 Å². The number of carbonyl (C=O) groups is 1. The quantitative estimate of drug-likeness (QED) is 0.932. The lowest BCUT2D eigenvalue weighted by Gasteiger charge is -2.00. The van der Waals surface area contributed by atoms with Gasteiger partial charge in [-0.25, -0.2) is 9.50 Å². The molecular weight excluding hydrogens is 274 g/mol. The first-order chi connectivity index (χ1) is 7.56. The smallest absolute Gasteiger partial charge is 0.306 e. The van der Waals surface area contributed by atoms with Crippen LogP contribution in [0.3, 0.4) is 0 Å². The van der Waals surface area contributed by atoms with E-state index in [2.05, 4.69) is 26.0 Å². The Bertz CT molecular complexity index is 538. The maximum atomic E-state index is 10.7. The van der Waals surface area contributed by atoms with E-state index in [1.807, 2.05) is 12.1 Å². The second kappa shape index (κ2) is 4.21. The van der Waals surface area contributed by atoms with E-state index >= 15 is 0 Å². The number of nitrogens with zero attached hydrogens (tertiary/aromatic N) is 3. The average molecular weight is 284 g/mol. The molecule has 0 bridgehead atoms. The van der Waals surface area contributed by atoms with Gasteiger partial charge in [-0.1, -0.05) is 22.9 Å². The van der Waals surface area contributed by atoms with Crippen molar-refractivity contribution in [3.05, 3.63) is 28.6 Å². The molecule has 0 aliphatic heterocycles. The van der Waals surface area contributed by atoms with E-state index in [0.29, 0.717) is 17.9 Å². The van der Waals surface area contributed by atoms with Gasteiger partial charge < -0.3 is 5.11 Å². The van der Waals surface area contributed by atoms with E-state index in [1.165, 1.54) is 0 Å². The summed E-state index contributed by atoms with van der Waals surface area (Å²) in [6.45, 7) is 1.64. The predicted octanol–water partition coefficient (Wildman–Crippen LogP) is 1.75. The lowest BCUT2D eigenvalue weighted by molar-refractivity contribution is -0.141. The topological polar surface area (TPSA) is 67.5 Å². The third kappa shape index (κ3) is 2.21. The van der Waals surface area contributed by atoms with Crippen molar-refractivity contribution in [3.63, 3.8) is 0 Å². The Morgan fingerprint density at radius 1 is 1.69 bits per heavy atom. The number of halogens is 1. The standard InChI is InChI=1S/C10H10BrN3O2/c1-6(10(15)16)4-8-12-9-5-7(11)2-3-14(9)13-8/h2-3,5-6H,4H2,1H3,(H,15,16). The van der Waals surface area contributed by atoms with E-state index in [9.17, 15) is 4.79 Å². The lowest BCUT2D eigenvalue weighted by atomic mass is 10.1. The molecule has 2 aromatic rings. The summed E-state index contributed by atoms with van der Waals surface area (Å²) in [6, 6.07) is 3.69. The Labute approximate surface area is 100 Å². The van der Waals surface area contributed by atoms with E-state index in [4.69, 9.17) is 5.11 Å². The van der Waals surface area contributed by atoms with Crippen molar-refractivity contribution in [1.29, 1.82) is 0 Å². The second-order valence-electron chi connectivity index (χ2n) is 3.62. The Morgan fingerprint density at radius 2 is 2.44 bits per heavy atom. The van der Waals surface area contributed by atoms with Crippen molar-refractivity contribution in [2.24, 2.45) is 5.92 Å². The van der Waals surface area contributed by atoms with Crippen LogP contribution in [0.15, 0.2) is 22.8 Å². The van der Waals surface area contributed by atoms with E-state index < -0.39 is 11.9 Å². The van der Waals surface area contributed by atoms with Gasteiger partial charge in [0.2, 0.25) is 0 Å². The van der Waals surface area contributed by atoms with Crippen LogP contribution in [0.2, 0.25) is 0 Å². The van der Waals surface area contributed by atoms with E-state index in [1.54, 1.807) is 17.6 Å². The highest BCUT2D eigenvalue weighted by atomic mass is 79.9. The van der Waals surface area contributed by atoms with Gasteiger partial charge in [0.25, 0.3) is 0 Å². The molecule has 1 N–H and O–H groups in total. The summed E-state index contributed by atoms with van der Waals surface area (Å²) in [7, 11) is 0. The van der Waals surface area contributed by atoms with Gasteiger partial charge in [0.05, 0.1) is 5.92 Å². The fourth-order valence-electron chi connectivity index (χ4n) is 1.35. The SMILES string of the molecule is CC(Cc1nc2cc(Br)ccn2n1)C(=O)O. The molecule has 1 unspecified atom stereocenters. The molecule has 0 amide bonds. The summed E-state index contributed by atoms with van der Waals surface area (Å²) in [4.78, 5) is 15.0. The molecule has 6 heteroatoms. The highest BCUT2D eigenvalue weighted by Gasteiger charge is 2.14. The minimum Gasteiger partial charge on any atom is -0.481 e. The van der Waals surface area contributed by atoms with Gasteiger partial charge in [-0.05, 0) is 12.1 Å². The number of carboxylic acid groups (broad SMARTS) is 1. The molecule has 0 aliphatic carbocycles. The van der Waals surface area contributed by atoms with Crippen LogP contribution < -0.4 is 0 Å². The number of carboxylic acids is 1. The molecule has 0 aliphatic rings. The molecule has 16 heavy (non-hydrogen) atoms. The average Bonchev–Trinajstić information content (AvgIpc) is 2.58. The summed E-state index contributed by atoms with van der Waals surface area (Å²) in [5.74, 6) is -0.756. The van der Waals surface area contributed by atoms with Crippen LogP contribution in [-0.2, 0) is 11.2 Å². The summed E-state index contributed by atoms with van der Waals surface area (Å²) in [5.41, 5.74) is 0.710. The summed E-state index contributed by atoms with van der Waals surface area (Å²) >= 11 is 3.34. The van der Waals surface area contributed by atoms with Gasteiger partial charge in [-0.2, -0.15) is 5.10 Å². The largest absolute Gasteiger partial charge is 0.481 e.